The van der Waals surface area contributed by atoms with Crippen LogP contribution >= 0.6 is 34.8 Å². The minimum absolute atomic E-state index is 0.0670. The fourth-order valence-corrected chi connectivity index (χ4v) is 2.07. The molecule has 2 aromatic rings. The van der Waals surface area contributed by atoms with Crippen molar-refractivity contribution in [3.8, 4) is 0 Å². The van der Waals surface area contributed by atoms with Crippen LogP contribution in [0.2, 0.25) is 15.2 Å². The molecule has 0 spiro atoms. The van der Waals surface area contributed by atoms with Gasteiger partial charge in [-0.2, -0.15) is 0 Å². The number of hydrogen-bond donors (Lipinski definition) is 1. The van der Waals surface area contributed by atoms with Crippen LogP contribution in [0.4, 0.5) is 21.6 Å². The lowest BCUT2D eigenvalue weighted by Gasteiger charge is -2.08. The highest BCUT2D eigenvalue weighted by molar-refractivity contribution is 6.35. The number of nitrogens with zero attached hydrogens (tertiary/aromatic N) is 2. The highest BCUT2D eigenvalue weighted by Gasteiger charge is 2.17. The summed E-state index contributed by atoms with van der Waals surface area (Å²) < 4.78 is 13.3. The van der Waals surface area contributed by atoms with Crippen molar-refractivity contribution < 1.29 is 9.31 Å². The van der Waals surface area contributed by atoms with Crippen LogP contribution in [-0.2, 0) is 0 Å². The first-order valence-electron chi connectivity index (χ1n) is 5.11. The Bertz CT molecular complexity index is 674. The second-order valence-corrected chi connectivity index (χ2v) is 4.84. The molecule has 0 atom stereocenters. The van der Waals surface area contributed by atoms with Crippen LogP contribution in [0.25, 0.3) is 0 Å². The number of benzene rings is 1. The third-order valence-electron chi connectivity index (χ3n) is 2.28. The summed E-state index contributed by atoms with van der Waals surface area (Å²) in [5.41, 5.74) is -0.0368. The van der Waals surface area contributed by atoms with E-state index in [0.717, 1.165) is 0 Å². The maximum Gasteiger partial charge on any atom is 0.311 e. The highest BCUT2D eigenvalue weighted by atomic mass is 35.5. The van der Waals surface area contributed by atoms with Crippen molar-refractivity contribution in [3.05, 3.63) is 55.4 Å². The minimum Gasteiger partial charge on any atom is -0.334 e. The van der Waals surface area contributed by atoms with Crippen molar-refractivity contribution in [2.45, 2.75) is 0 Å². The molecule has 0 fully saturated rings. The van der Waals surface area contributed by atoms with Crippen LogP contribution in [-0.4, -0.2) is 9.91 Å². The van der Waals surface area contributed by atoms with E-state index in [0.29, 0.717) is 0 Å². The molecule has 1 heterocycles. The van der Waals surface area contributed by atoms with E-state index in [4.69, 9.17) is 34.8 Å². The van der Waals surface area contributed by atoms with Gasteiger partial charge in [-0.15, -0.1) is 0 Å². The first-order valence-corrected chi connectivity index (χ1v) is 6.24. The van der Waals surface area contributed by atoms with Gasteiger partial charge in [0.25, 0.3) is 0 Å². The normalized spacial score (nSPS) is 10.4. The zero-order valence-electron chi connectivity index (χ0n) is 9.53. The maximum absolute atomic E-state index is 13.3. The standard InChI is InChI=1S/C11H5Cl3FN3O2/c12-6-3-5(4-7(13)10(6)15)16-11-8(18(19)20)1-2-9(14)17-11/h1-4H,(H,16,17). The number of nitrogens with one attached hydrogen (secondary N) is 1. The monoisotopic (exact) mass is 335 g/mol. The summed E-state index contributed by atoms with van der Waals surface area (Å²) in [4.78, 5) is 14.1. The van der Waals surface area contributed by atoms with Gasteiger partial charge in [0.2, 0.25) is 5.82 Å². The molecule has 104 valence electrons. The van der Waals surface area contributed by atoms with Crippen molar-refractivity contribution in [1.82, 2.24) is 4.98 Å². The Morgan fingerprint density at radius 2 is 1.80 bits per heavy atom. The Kier molecular flexibility index (Phi) is 4.27. The average Bonchev–Trinajstić information content (AvgIpc) is 2.35. The molecule has 20 heavy (non-hydrogen) atoms. The molecule has 1 N–H and O–H groups in total. The van der Waals surface area contributed by atoms with Crippen molar-refractivity contribution in [3.63, 3.8) is 0 Å². The van der Waals surface area contributed by atoms with Gasteiger partial charge in [0, 0.05) is 11.8 Å². The molecule has 9 heteroatoms. The summed E-state index contributed by atoms with van der Waals surface area (Å²) in [7, 11) is 0. The van der Waals surface area contributed by atoms with Crippen LogP contribution in [0.5, 0.6) is 0 Å². The molecular formula is C11H5Cl3FN3O2. The number of nitro groups is 1. The first kappa shape index (κ1) is 14.8. The van der Waals surface area contributed by atoms with Gasteiger partial charge in [0.15, 0.2) is 5.82 Å². The molecule has 5 nitrogen and oxygen atoms in total. The smallest absolute Gasteiger partial charge is 0.311 e. The molecule has 1 aromatic heterocycles. The zero-order valence-corrected chi connectivity index (χ0v) is 11.8. The Hall–Kier alpha value is -1.63. The lowest BCUT2D eigenvalue weighted by atomic mass is 10.3. The van der Waals surface area contributed by atoms with Crippen molar-refractivity contribution in [1.29, 1.82) is 0 Å². The van der Waals surface area contributed by atoms with Gasteiger partial charge >= 0.3 is 5.69 Å². The van der Waals surface area contributed by atoms with Gasteiger partial charge in [-0.25, -0.2) is 9.37 Å². The van der Waals surface area contributed by atoms with Gasteiger partial charge in [-0.3, -0.25) is 10.1 Å². The summed E-state index contributed by atoms with van der Waals surface area (Å²) in [6.45, 7) is 0. The van der Waals surface area contributed by atoms with Gasteiger partial charge in [0.05, 0.1) is 15.0 Å². The van der Waals surface area contributed by atoms with Crippen LogP contribution in [0.3, 0.4) is 0 Å². The lowest BCUT2D eigenvalue weighted by molar-refractivity contribution is -0.384. The van der Waals surface area contributed by atoms with E-state index in [-0.39, 0.29) is 32.4 Å². The van der Waals surface area contributed by atoms with Crippen LogP contribution in [0.15, 0.2) is 24.3 Å². The zero-order chi connectivity index (χ0) is 14.9. The van der Waals surface area contributed by atoms with E-state index in [1.807, 2.05) is 0 Å². The number of aromatic nitrogens is 1. The number of rotatable bonds is 3. The number of halogens is 4. The van der Waals surface area contributed by atoms with E-state index in [9.17, 15) is 14.5 Å². The largest absolute Gasteiger partial charge is 0.334 e. The molecule has 0 amide bonds. The number of hydrogen-bond acceptors (Lipinski definition) is 4. The van der Waals surface area contributed by atoms with E-state index in [2.05, 4.69) is 10.3 Å². The SMILES string of the molecule is O=[N+]([O-])c1ccc(Cl)nc1Nc1cc(Cl)c(F)c(Cl)c1. The van der Waals surface area contributed by atoms with Crippen LogP contribution in [0, 0.1) is 15.9 Å². The fraction of sp³-hybridized carbons (Fsp3) is 0. The third kappa shape index (κ3) is 3.09. The molecule has 0 saturated heterocycles. The Balaban J connectivity index is 2.44. The van der Waals surface area contributed by atoms with Gasteiger partial charge in [0.1, 0.15) is 5.15 Å². The fourth-order valence-electron chi connectivity index (χ4n) is 1.43. The predicted molar refractivity (Wildman–Crippen MR) is 75.6 cm³/mol. The summed E-state index contributed by atoms with van der Waals surface area (Å²) in [6.07, 6.45) is 0. The molecule has 0 aliphatic heterocycles. The molecule has 1 aromatic carbocycles. The second kappa shape index (κ2) is 5.78. The van der Waals surface area contributed by atoms with E-state index >= 15 is 0 Å². The molecule has 2 rings (SSSR count). The average molecular weight is 337 g/mol. The molecule has 0 aliphatic rings. The molecular weight excluding hydrogens is 331 g/mol. The Labute approximate surface area is 127 Å². The van der Waals surface area contributed by atoms with E-state index in [1.165, 1.54) is 24.3 Å². The topological polar surface area (TPSA) is 68.1 Å². The van der Waals surface area contributed by atoms with Gasteiger partial charge in [-0.05, 0) is 18.2 Å². The lowest BCUT2D eigenvalue weighted by Crippen LogP contribution is -2.00. The molecule has 0 unspecified atom stereocenters. The molecule has 0 bridgehead atoms. The Morgan fingerprint density at radius 3 is 2.35 bits per heavy atom. The minimum atomic E-state index is -0.771. The van der Waals surface area contributed by atoms with Crippen molar-refractivity contribution in [2.24, 2.45) is 0 Å². The molecule has 0 radical (unpaired) electrons. The summed E-state index contributed by atoms with van der Waals surface area (Å²) in [5, 5.41) is 13.1. The molecule has 0 saturated carbocycles. The number of pyridine rings is 1. The summed E-state index contributed by atoms with van der Waals surface area (Å²) in [6, 6.07) is 4.95. The van der Waals surface area contributed by atoms with Crippen molar-refractivity contribution in [2.75, 3.05) is 5.32 Å². The summed E-state index contributed by atoms with van der Waals surface area (Å²) in [5.74, 6) is -0.867. The second-order valence-electron chi connectivity index (χ2n) is 3.64. The number of anilines is 2. The quantitative estimate of drug-likeness (QED) is 0.377. The van der Waals surface area contributed by atoms with E-state index < -0.39 is 10.7 Å². The van der Waals surface area contributed by atoms with Crippen LogP contribution < -0.4 is 5.32 Å². The predicted octanol–water partition coefficient (Wildman–Crippen LogP) is 4.83. The van der Waals surface area contributed by atoms with Crippen LogP contribution in [0.1, 0.15) is 0 Å². The highest BCUT2D eigenvalue weighted by Crippen LogP contribution is 2.31. The Morgan fingerprint density at radius 1 is 1.20 bits per heavy atom. The summed E-state index contributed by atoms with van der Waals surface area (Å²) >= 11 is 17.0. The first-order chi connectivity index (χ1) is 9.38. The maximum atomic E-state index is 13.3. The van der Waals surface area contributed by atoms with Crippen molar-refractivity contribution >= 4 is 52.0 Å². The van der Waals surface area contributed by atoms with Gasteiger partial charge in [-0.1, -0.05) is 34.8 Å². The molecule has 0 aliphatic carbocycles. The third-order valence-corrected chi connectivity index (χ3v) is 3.04. The van der Waals surface area contributed by atoms with Gasteiger partial charge < -0.3 is 5.32 Å². The van der Waals surface area contributed by atoms with E-state index in [1.54, 1.807) is 0 Å².